The van der Waals surface area contributed by atoms with Crippen LogP contribution in [0.3, 0.4) is 0 Å². The molecule has 1 aromatic carbocycles. The molecule has 1 aliphatic heterocycles. The average Bonchev–Trinajstić information content (AvgIpc) is 2.89. The molecule has 1 aromatic rings. The zero-order valence-corrected chi connectivity index (χ0v) is 12.4. The second kappa shape index (κ2) is 5.83. The predicted molar refractivity (Wildman–Crippen MR) is 77.6 cm³/mol. The molecule has 110 valence electrons. The van der Waals surface area contributed by atoms with Gasteiger partial charge in [-0.05, 0) is 50.3 Å². The summed E-state index contributed by atoms with van der Waals surface area (Å²) in [6, 6.07) is 7.31. The van der Waals surface area contributed by atoms with Crippen molar-refractivity contribution in [3.63, 3.8) is 0 Å². The summed E-state index contributed by atoms with van der Waals surface area (Å²) in [6.07, 6.45) is 1.96. The number of hydrogen-bond acceptors (Lipinski definition) is 3. The minimum absolute atomic E-state index is 0.0632. The third-order valence-corrected chi connectivity index (χ3v) is 4.06. The topological polar surface area (TPSA) is 49.8 Å². The normalized spacial score (nSPS) is 19.4. The summed E-state index contributed by atoms with van der Waals surface area (Å²) < 4.78 is 5.26. The Kier molecular flexibility index (Phi) is 4.33. The zero-order chi connectivity index (χ0) is 14.8. The molecule has 1 N–H and O–H groups in total. The first-order valence-corrected chi connectivity index (χ1v) is 7.05. The Balaban J connectivity index is 1.92. The second-order valence-corrected chi connectivity index (χ2v) is 5.99. The van der Waals surface area contributed by atoms with Crippen molar-refractivity contribution < 1.29 is 14.6 Å². The molecule has 0 aliphatic carbocycles. The molecule has 0 spiro atoms. The molecule has 1 aliphatic rings. The molecule has 1 fully saturated rings. The minimum atomic E-state index is -0.743. The van der Waals surface area contributed by atoms with Gasteiger partial charge in [0.25, 0.3) is 5.91 Å². The Labute approximate surface area is 120 Å². The number of benzene rings is 1. The number of phenols is 1. The fourth-order valence-corrected chi connectivity index (χ4v) is 2.62. The van der Waals surface area contributed by atoms with E-state index >= 15 is 0 Å². The number of nitrogens with zero attached hydrogens (tertiary/aromatic N) is 1. The largest absolute Gasteiger partial charge is 0.508 e. The van der Waals surface area contributed by atoms with Crippen molar-refractivity contribution in [1.29, 1.82) is 0 Å². The van der Waals surface area contributed by atoms with Gasteiger partial charge in [-0.25, -0.2) is 0 Å². The molecule has 20 heavy (non-hydrogen) atoms. The van der Waals surface area contributed by atoms with Crippen LogP contribution in [0.4, 0.5) is 0 Å². The third-order valence-electron chi connectivity index (χ3n) is 4.06. The Morgan fingerprint density at radius 3 is 2.65 bits per heavy atom. The first-order chi connectivity index (χ1) is 9.42. The van der Waals surface area contributed by atoms with E-state index in [9.17, 15) is 9.90 Å². The van der Waals surface area contributed by atoms with Crippen molar-refractivity contribution in [2.45, 2.75) is 32.3 Å². The van der Waals surface area contributed by atoms with Gasteiger partial charge in [-0.1, -0.05) is 12.1 Å². The fraction of sp³-hybridized carbons (Fsp3) is 0.562. The van der Waals surface area contributed by atoms with E-state index in [0.29, 0.717) is 11.7 Å². The van der Waals surface area contributed by atoms with E-state index in [2.05, 4.69) is 0 Å². The van der Waals surface area contributed by atoms with E-state index in [1.807, 2.05) is 30.9 Å². The molecular formula is C16H23NO3. The van der Waals surface area contributed by atoms with Crippen LogP contribution in [0.2, 0.25) is 0 Å². The number of ether oxygens (including phenoxy) is 1. The van der Waals surface area contributed by atoms with Gasteiger partial charge in [0.15, 0.2) is 0 Å². The maximum atomic E-state index is 12.3. The first kappa shape index (κ1) is 14.9. The fourth-order valence-electron chi connectivity index (χ4n) is 2.62. The maximum absolute atomic E-state index is 12.3. The van der Waals surface area contributed by atoms with Crippen molar-refractivity contribution in [1.82, 2.24) is 4.90 Å². The summed E-state index contributed by atoms with van der Waals surface area (Å²) in [4.78, 5) is 14.2. The summed E-state index contributed by atoms with van der Waals surface area (Å²) in [6.45, 7) is 5.20. The highest BCUT2D eigenvalue weighted by Crippen LogP contribution is 2.24. The number of hydrogen-bond donors (Lipinski definition) is 1. The van der Waals surface area contributed by atoms with E-state index in [0.717, 1.165) is 25.9 Å². The van der Waals surface area contributed by atoms with Crippen LogP contribution in [0.1, 0.15) is 25.8 Å². The Hall–Kier alpha value is -1.55. The molecule has 0 saturated carbocycles. The summed E-state index contributed by atoms with van der Waals surface area (Å²) in [5, 5.41) is 9.28. The van der Waals surface area contributed by atoms with Crippen LogP contribution in [0.5, 0.6) is 5.75 Å². The van der Waals surface area contributed by atoms with Gasteiger partial charge < -0.3 is 14.7 Å². The number of likely N-dealkylation sites (tertiary alicyclic amines) is 1. The number of aromatic hydroxyl groups is 1. The summed E-state index contributed by atoms with van der Waals surface area (Å²) in [5.41, 5.74) is 0.459. The summed E-state index contributed by atoms with van der Waals surface area (Å²) in [5.74, 6) is 0.836. The number of methoxy groups -OCH3 is 1. The van der Waals surface area contributed by atoms with Crippen LogP contribution >= 0.6 is 0 Å². The van der Waals surface area contributed by atoms with Crippen LogP contribution in [0.15, 0.2) is 24.3 Å². The Morgan fingerprint density at radius 2 is 2.05 bits per heavy atom. The molecular weight excluding hydrogens is 254 g/mol. The minimum Gasteiger partial charge on any atom is -0.508 e. The smallest absolute Gasteiger partial charge is 0.254 e. The van der Waals surface area contributed by atoms with Gasteiger partial charge in [0, 0.05) is 20.2 Å². The third kappa shape index (κ3) is 3.31. The highest BCUT2D eigenvalue weighted by molar-refractivity contribution is 5.84. The van der Waals surface area contributed by atoms with Crippen molar-refractivity contribution in [3.8, 4) is 5.75 Å². The van der Waals surface area contributed by atoms with Crippen molar-refractivity contribution in [3.05, 3.63) is 29.8 Å². The van der Waals surface area contributed by atoms with Crippen LogP contribution < -0.4 is 0 Å². The van der Waals surface area contributed by atoms with Gasteiger partial charge in [-0.2, -0.15) is 0 Å². The van der Waals surface area contributed by atoms with Crippen molar-refractivity contribution in [2.24, 2.45) is 5.92 Å². The summed E-state index contributed by atoms with van der Waals surface area (Å²) >= 11 is 0. The molecule has 1 unspecified atom stereocenters. The van der Waals surface area contributed by atoms with E-state index in [1.54, 1.807) is 19.2 Å². The average molecular weight is 277 g/mol. The molecule has 1 atom stereocenters. The number of rotatable bonds is 4. The highest BCUT2D eigenvalue weighted by Gasteiger charge is 2.35. The monoisotopic (exact) mass is 277 g/mol. The van der Waals surface area contributed by atoms with E-state index in [4.69, 9.17) is 4.74 Å². The molecule has 1 amide bonds. The molecule has 2 rings (SSSR count). The molecule has 0 aromatic heterocycles. The first-order valence-electron chi connectivity index (χ1n) is 7.05. The number of amides is 1. The summed E-state index contributed by atoms with van der Waals surface area (Å²) in [7, 11) is 1.57. The lowest BCUT2D eigenvalue weighted by atomic mass is 9.98. The van der Waals surface area contributed by atoms with Crippen molar-refractivity contribution >= 4 is 5.91 Å². The predicted octanol–water partition coefficient (Wildman–Crippen LogP) is 2.21. The van der Waals surface area contributed by atoms with Crippen LogP contribution in [-0.4, -0.2) is 41.7 Å². The van der Waals surface area contributed by atoms with Crippen molar-refractivity contribution in [2.75, 3.05) is 20.2 Å². The molecule has 1 heterocycles. The quantitative estimate of drug-likeness (QED) is 0.918. The van der Waals surface area contributed by atoms with Gasteiger partial charge in [-0.3, -0.25) is 4.79 Å². The lowest BCUT2D eigenvalue weighted by molar-refractivity contribution is -0.149. The van der Waals surface area contributed by atoms with E-state index in [-0.39, 0.29) is 5.91 Å². The lowest BCUT2D eigenvalue weighted by Crippen LogP contribution is -2.45. The number of phenolic OH excluding ortho intramolecular Hbond substituents is 1. The second-order valence-electron chi connectivity index (χ2n) is 5.99. The van der Waals surface area contributed by atoms with Crippen LogP contribution in [0, 0.1) is 5.92 Å². The van der Waals surface area contributed by atoms with Gasteiger partial charge >= 0.3 is 0 Å². The van der Waals surface area contributed by atoms with Gasteiger partial charge in [-0.15, -0.1) is 0 Å². The van der Waals surface area contributed by atoms with E-state index in [1.165, 1.54) is 5.56 Å². The van der Waals surface area contributed by atoms with Crippen LogP contribution in [-0.2, 0) is 16.0 Å². The zero-order valence-electron chi connectivity index (χ0n) is 12.4. The highest BCUT2D eigenvalue weighted by atomic mass is 16.5. The molecule has 1 saturated heterocycles. The van der Waals surface area contributed by atoms with Gasteiger partial charge in [0.05, 0.1) is 0 Å². The standard InChI is InChI=1S/C16H23NO3/c1-16(2,20-3)15(19)17-9-8-13(11-17)10-12-4-6-14(18)7-5-12/h4-7,13,18H,8-11H2,1-3H3. The Bertz CT molecular complexity index is 467. The number of carbonyl (C=O) groups is 1. The SMILES string of the molecule is COC(C)(C)C(=O)N1CCC(Cc2ccc(O)cc2)C1. The molecule has 0 bridgehead atoms. The van der Waals surface area contributed by atoms with Gasteiger partial charge in [0.1, 0.15) is 11.4 Å². The molecule has 0 radical (unpaired) electrons. The number of carbonyl (C=O) groups excluding carboxylic acids is 1. The molecule has 4 nitrogen and oxygen atoms in total. The molecule has 4 heteroatoms. The van der Waals surface area contributed by atoms with E-state index < -0.39 is 5.60 Å². The van der Waals surface area contributed by atoms with Crippen LogP contribution in [0.25, 0.3) is 0 Å². The Morgan fingerprint density at radius 1 is 1.40 bits per heavy atom. The lowest BCUT2D eigenvalue weighted by Gasteiger charge is -2.28. The van der Waals surface area contributed by atoms with Gasteiger partial charge in [0.2, 0.25) is 0 Å². The maximum Gasteiger partial charge on any atom is 0.254 e.